The highest BCUT2D eigenvalue weighted by Gasteiger charge is 2.29. The summed E-state index contributed by atoms with van der Waals surface area (Å²) in [6.45, 7) is 0. The summed E-state index contributed by atoms with van der Waals surface area (Å²) in [6, 6.07) is 15.9. The van der Waals surface area contributed by atoms with Gasteiger partial charge in [-0.2, -0.15) is 18.3 Å². The van der Waals surface area contributed by atoms with Crippen LogP contribution in [0.1, 0.15) is 21.5 Å². The standard InChI is InChI=1S/C21H14F4N2O2/c22-17-7-3-15(4-8-17)20(28)29-19-11-1-14(2-12-19)13-26-27-18-9-5-16(6-10-18)21(23,24)25/h1-13,27H. The third-order valence-electron chi connectivity index (χ3n) is 3.79. The molecule has 0 atom stereocenters. The van der Waals surface area contributed by atoms with Gasteiger partial charge < -0.3 is 4.74 Å². The Morgan fingerprint density at radius 3 is 2.10 bits per heavy atom. The van der Waals surface area contributed by atoms with Gasteiger partial charge in [-0.3, -0.25) is 5.43 Å². The number of hydrazone groups is 1. The van der Waals surface area contributed by atoms with Crippen LogP contribution in [0.3, 0.4) is 0 Å². The highest BCUT2D eigenvalue weighted by Crippen LogP contribution is 2.29. The van der Waals surface area contributed by atoms with Gasteiger partial charge in [-0.1, -0.05) is 0 Å². The number of esters is 1. The molecule has 0 saturated heterocycles. The smallest absolute Gasteiger partial charge is 0.416 e. The molecule has 1 N–H and O–H groups in total. The lowest BCUT2D eigenvalue weighted by molar-refractivity contribution is -0.137. The number of hydrogen-bond acceptors (Lipinski definition) is 4. The van der Waals surface area contributed by atoms with E-state index in [9.17, 15) is 22.4 Å². The lowest BCUT2D eigenvalue weighted by Gasteiger charge is -2.07. The summed E-state index contributed by atoms with van der Waals surface area (Å²) in [5.41, 5.74) is 3.19. The molecule has 0 aromatic heterocycles. The predicted octanol–water partition coefficient (Wildman–Crippen LogP) is 5.51. The van der Waals surface area contributed by atoms with Gasteiger partial charge >= 0.3 is 12.1 Å². The van der Waals surface area contributed by atoms with Gasteiger partial charge in [-0.15, -0.1) is 0 Å². The number of alkyl halides is 3. The van der Waals surface area contributed by atoms with Gasteiger partial charge in [-0.25, -0.2) is 9.18 Å². The van der Waals surface area contributed by atoms with Crippen LogP contribution in [-0.4, -0.2) is 12.2 Å². The summed E-state index contributed by atoms with van der Waals surface area (Å²) < 4.78 is 55.6. The fourth-order valence-corrected chi connectivity index (χ4v) is 2.29. The van der Waals surface area contributed by atoms with E-state index in [4.69, 9.17) is 4.74 Å². The van der Waals surface area contributed by atoms with Crippen molar-refractivity contribution in [1.82, 2.24) is 0 Å². The average molecular weight is 402 g/mol. The number of nitrogens with one attached hydrogen (secondary N) is 1. The van der Waals surface area contributed by atoms with E-state index in [1.807, 2.05) is 0 Å². The van der Waals surface area contributed by atoms with Gasteiger partial charge in [0.1, 0.15) is 11.6 Å². The average Bonchev–Trinajstić information content (AvgIpc) is 2.69. The summed E-state index contributed by atoms with van der Waals surface area (Å²) in [6.07, 6.45) is -2.92. The van der Waals surface area contributed by atoms with Crippen molar-refractivity contribution in [3.8, 4) is 5.75 Å². The molecule has 0 heterocycles. The maximum Gasteiger partial charge on any atom is 0.416 e. The van der Waals surface area contributed by atoms with E-state index < -0.39 is 23.5 Å². The normalized spacial score (nSPS) is 11.4. The molecule has 0 aliphatic carbocycles. The molecule has 0 aliphatic heterocycles. The summed E-state index contributed by atoms with van der Waals surface area (Å²) >= 11 is 0. The molecule has 3 aromatic carbocycles. The molecule has 4 nitrogen and oxygen atoms in total. The molecule has 3 aromatic rings. The molecule has 0 spiro atoms. The molecule has 148 valence electrons. The molecule has 0 bridgehead atoms. The predicted molar refractivity (Wildman–Crippen MR) is 100 cm³/mol. The Hall–Kier alpha value is -3.68. The second-order valence-electron chi connectivity index (χ2n) is 5.91. The fraction of sp³-hybridized carbons (Fsp3) is 0.0476. The second kappa shape index (κ2) is 8.55. The van der Waals surface area contributed by atoms with Crippen molar-refractivity contribution in [2.75, 3.05) is 5.43 Å². The highest BCUT2D eigenvalue weighted by atomic mass is 19.4. The van der Waals surface area contributed by atoms with Gasteiger partial charge in [0.15, 0.2) is 0 Å². The van der Waals surface area contributed by atoms with Crippen molar-refractivity contribution in [2.45, 2.75) is 6.18 Å². The number of hydrogen-bond donors (Lipinski definition) is 1. The first-order chi connectivity index (χ1) is 13.8. The van der Waals surface area contributed by atoms with Crippen LogP contribution >= 0.6 is 0 Å². The summed E-state index contributed by atoms with van der Waals surface area (Å²) in [7, 11) is 0. The number of rotatable bonds is 5. The minimum atomic E-state index is -4.39. The lowest BCUT2D eigenvalue weighted by atomic mass is 10.2. The minimum Gasteiger partial charge on any atom is -0.423 e. The maximum atomic E-state index is 12.9. The Balaban J connectivity index is 1.56. The number of anilines is 1. The summed E-state index contributed by atoms with van der Waals surface area (Å²) in [5.74, 6) is -0.766. The largest absolute Gasteiger partial charge is 0.423 e. The van der Waals surface area contributed by atoms with Crippen molar-refractivity contribution in [3.05, 3.63) is 95.3 Å². The lowest BCUT2D eigenvalue weighted by Crippen LogP contribution is -2.08. The number of carbonyl (C=O) groups is 1. The summed E-state index contributed by atoms with van der Waals surface area (Å²) in [4.78, 5) is 12.0. The first kappa shape index (κ1) is 20.1. The van der Waals surface area contributed by atoms with Crippen molar-refractivity contribution in [1.29, 1.82) is 0 Å². The van der Waals surface area contributed by atoms with E-state index in [-0.39, 0.29) is 5.56 Å². The Morgan fingerprint density at radius 2 is 1.52 bits per heavy atom. The van der Waals surface area contributed by atoms with E-state index in [0.717, 1.165) is 12.1 Å². The van der Waals surface area contributed by atoms with Crippen molar-refractivity contribution < 1.29 is 27.1 Å². The van der Waals surface area contributed by atoms with Crippen LogP contribution < -0.4 is 10.2 Å². The van der Waals surface area contributed by atoms with Gasteiger partial charge in [0.25, 0.3) is 0 Å². The number of ether oxygens (including phenoxy) is 1. The maximum absolute atomic E-state index is 12.9. The SMILES string of the molecule is O=C(Oc1ccc(C=NNc2ccc(C(F)(F)F)cc2)cc1)c1ccc(F)cc1. The van der Waals surface area contributed by atoms with Crippen molar-refractivity contribution in [3.63, 3.8) is 0 Å². The monoisotopic (exact) mass is 402 g/mol. The van der Waals surface area contributed by atoms with E-state index >= 15 is 0 Å². The van der Waals surface area contributed by atoms with Crippen LogP contribution in [0, 0.1) is 5.82 Å². The topological polar surface area (TPSA) is 50.7 Å². The van der Waals surface area contributed by atoms with E-state index in [1.165, 1.54) is 42.6 Å². The van der Waals surface area contributed by atoms with Crippen LogP contribution in [-0.2, 0) is 6.18 Å². The molecule has 0 unspecified atom stereocenters. The van der Waals surface area contributed by atoms with Gasteiger partial charge in [0.05, 0.1) is 23.0 Å². The Kier molecular flexibility index (Phi) is 5.92. The zero-order valence-electron chi connectivity index (χ0n) is 14.8. The molecule has 0 amide bonds. The zero-order valence-corrected chi connectivity index (χ0v) is 14.8. The summed E-state index contributed by atoms with van der Waals surface area (Å²) in [5, 5.41) is 3.95. The Labute approximate surface area is 163 Å². The first-order valence-electron chi connectivity index (χ1n) is 8.35. The fourth-order valence-electron chi connectivity index (χ4n) is 2.29. The molecule has 29 heavy (non-hydrogen) atoms. The van der Waals surface area contributed by atoms with Crippen LogP contribution in [0.15, 0.2) is 77.9 Å². The molecular weight excluding hydrogens is 388 g/mol. The van der Waals surface area contributed by atoms with Crippen molar-refractivity contribution in [2.24, 2.45) is 5.10 Å². The van der Waals surface area contributed by atoms with E-state index in [1.54, 1.807) is 24.3 Å². The molecule has 0 radical (unpaired) electrons. The Bertz CT molecular complexity index is 997. The minimum absolute atomic E-state index is 0.220. The van der Waals surface area contributed by atoms with E-state index in [2.05, 4.69) is 10.5 Å². The molecule has 0 saturated carbocycles. The van der Waals surface area contributed by atoms with Gasteiger partial charge in [0.2, 0.25) is 0 Å². The molecule has 3 rings (SSSR count). The quantitative estimate of drug-likeness (QED) is 0.201. The Morgan fingerprint density at radius 1 is 0.897 bits per heavy atom. The van der Waals surface area contributed by atoms with Crippen molar-refractivity contribution >= 4 is 17.9 Å². The van der Waals surface area contributed by atoms with Crippen LogP contribution in [0.2, 0.25) is 0 Å². The van der Waals surface area contributed by atoms with E-state index in [0.29, 0.717) is 17.0 Å². The molecular formula is C21H14F4N2O2. The second-order valence-corrected chi connectivity index (χ2v) is 5.91. The van der Waals surface area contributed by atoms with Crippen LogP contribution in [0.25, 0.3) is 0 Å². The third kappa shape index (κ3) is 5.65. The van der Waals surface area contributed by atoms with Crippen LogP contribution in [0.5, 0.6) is 5.75 Å². The third-order valence-corrected chi connectivity index (χ3v) is 3.79. The first-order valence-corrected chi connectivity index (χ1v) is 8.35. The molecule has 0 aliphatic rings. The van der Waals surface area contributed by atoms with Crippen LogP contribution in [0.4, 0.5) is 23.2 Å². The van der Waals surface area contributed by atoms with Gasteiger partial charge in [-0.05, 0) is 78.4 Å². The number of benzene rings is 3. The molecule has 0 fully saturated rings. The number of nitrogens with zero attached hydrogens (tertiary/aromatic N) is 1. The highest BCUT2D eigenvalue weighted by molar-refractivity contribution is 5.91. The van der Waals surface area contributed by atoms with Gasteiger partial charge in [0, 0.05) is 0 Å². The number of carbonyl (C=O) groups excluding carboxylic acids is 1. The zero-order chi connectivity index (χ0) is 20.9. The molecule has 8 heteroatoms. The number of halogens is 4.